The number of rotatable bonds is 4. The van der Waals surface area contributed by atoms with E-state index in [0.717, 1.165) is 11.4 Å². The van der Waals surface area contributed by atoms with Crippen molar-refractivity contribution in [1.29, 1.82) is 0 Å². The lowest BCUT2D eigenvalue weighted by Gasteiger charge is -2.13. The Kier molecular flexibility index (Phi) is 4.22. The maximum atomic E-state index is 11.9. The smallest absolute Gasteiger partial charge is 0.272 e. The number of carbonyl (C=O) groups is 1. The molecule has 1 atom stereocenters. The topological polar surface area (TPSA) is 67.8 Å². The van der Waals surface area contributed by atoms with E-state index in [1.54, 1.807) is 6.20 Å². The Morgan fingerprint density at radius 3 is 2.83 bits per heavy atom. The van der Waals surface area contributed by atoms with E-state index in [1.807, 2.05) is 12.3 Å². The minimum absolute atomic E-state index is 0.102. The molecule has 1 unspecified atom stereocenters. The Morgan fingerprint density at radius 2 is 2.28 bits per heavy atom. The number of nitrogens with zero attached hydrogens (tertiary/aromatic N) is 3. The van der Waals surface area contributed by atoms with Crippen LogP contribution in [0.5, 0.6) is 0 Å². The Labute approximate surface area is 113 Å². The first kappa shape index (κ1) is 12.9. The van der Waals surface area contributed by atoms with E-state index in [9.17, 15) is 4.79 Å². The van der Waals surface area contributed by atoms with Crippen molar-refractivity contribution in [2.45, 2.75) is 19.4 Å². The van der Waals surface area contributed by atoms with Gasteiger partial charge in [-0.3, -0.25) is 4.79 Å². The Balaban J connectivity index is 2.08. The predicted octanol–water partition coefficient (Wildman–Crippen LogP) is 2.47. The average Bonchev–Trinajstić information content (AvgIpc) is 2.90. The monoisotopic (exact) mass is 282 g/mol. The van der Waals surface area contributed by atoms with Crippen LogP contribution < -0.4 is 5.32 Å². The first-order valence-corrected chi connectivity index (χ1v) is 6.64. The van der Waals surface area contributed by atoms with Gasteiger partial charge in [-0.05, 0) is 6.42 Å². The molecule has 1 amide bonds. The summed E-state index contributed by atoms with van der Waals surface area (Å²) in [5, 5.41) is 5.89. The van der Waals surface area contributed by atoms with Crippen LogP contribution in [0.15, 0.2) is 24.0 Å². The summed E-state index contributed by atoms with van der Waals surface area (Å²) in [5.74, 6) is -0.277. The fourth-order valence-electron chi connectivity index (χ4n) is 1.41. The molecule has 0 aromatic carbocycles. The number of halogens is 1. The van der Waals surface area contributed by atoms with Gasteiger partial charge < -0.3 is 5.32 Å². The summed E-state index contributed by atoms with van der Waals surface area (Å²) in [5.41, 5.74) is 0.245. The molecule has 0 fully saturated rings. The molecule has 0 aliphatic carbocycles. The van der Waals surface area contributed by atoms with E-state index in [-0.39, 0.29) is 22.8 Å². The van der Waals surface area contributed by atoms with Crippen LogP contribution in [0, 0.1) is 0 Å². The van der Waals surface area contributed by atoms with E-state index < -0.39 is 0 Å². The van der Waals surface area contributed by atoms with Gasteiger partial charge in [-0.1, -0.05) is 18.5 Å². The van der Waals surface area contributed by atoms with Crippen LogP contribution in [0.25, 0.3) is 0 Å². The van der Waals surface area contributed by atoms with Crippen molar-refractivity contribution in [2.24, 2.45) is 0 Å². The highest BCUT2D eigenvalue weighted by Crippen LogP contribution is 2.19. The first-order chi connectivity index (χ1) is 8.70. The quantitative estimate of drug-likeness (QED) is 0.935. The summed E-state index contributed by atoms with van der Waals surface area (Å²) in [6.45, 7) is 1.99. The lowest BCUT2D eigenvalue weighted by molar-refractivity contribution is 0.0930. The predicted molar refractivity (Wildman–Crippen MR) is 69.7 cm³/mol. The molecule has 0 aliphatic heterocycles. The number of carbonyl (C=O) groups excluding carboxylic acids is 1. The molecule has 0 aliphatic rings. The number of thiazole rings is 1. The second-order valence-corrected chi connectivity index (χ2v) is 4.84. The lowest BCUT2D eigenvalue weighted by Crippen LogP contribution is -2.28. The van der Waals surface area contributed by atoms with E-state index in [0.29, 0.717) is 0 Å². The number of nitrogens with one attached hydrogen (secondary N) is 1. The van der Waals surface area contributed by atoms with E-state index >= 15 is 0 Å². The van der Waals surface area contributed by atoms with Crippen LogP contribution in [-0.4, -0.2) is 20.9 Å². The number of hydrogen-bond acceptors (Lipinski definition) is 5. The van der Waals surface area contributed by atoms with E-state index in [1.165, 1.54) is 23.7 Å². The highest BCUT2D eigenvalue weighted by molar-refractivity contribution is 7.09. The van der Waals surface area contributed by atoms with Crippen LogP contribution in [0.3, 0.4) is 0 Å². The molecule has 94 valence electrons. The van der Waals surface area contributed by atoms with Gasteiger partial charge in [0.15, 0.2) is 0 Å². The van der Waals surface area contributed by atoms with Gasteiger partial charge in [-0.25, -0.2) is 15.0 Å². The fraction of sp³-hybridized carbons (Fsp3) is 0.273. The zero-order valence-corrected chi connectivity index (χ0v) is 11.2. The number of hydrogen-bond donors (Lipinski definition) is 1. The van der Waals surface area contributed by atoms with Crippen molar-refractivity contribution in [3.05, 3.63) is 39.8 Å². The lowest BCUT2D eigenvalue weighted by atomic mass is 10.2. The molecule has 2 heterocycles. The molecule has 1 N–H and O–H groups in total. The molecule has 5 nitrogen and oxygen atoms in total. The second-order valence-electron chi connectivity index (χ2n) is 3.53. The molecular formula is C11H11ClN4OS. The normalized spacial score (nSPS) is 12.1. The third-order valence-electron chi connectivity index (χ3n) is 2.32. The molecule has 2 aromatic rings. The van der Waals surface area contributed by atoms with Crippen molar-refractivity contribution in [3.63, 3.8) is 0 Å². The van der Waals surface area contributed by atoms with Crippen LogP contribution in [0.2, 0.25) is 5.15 Å². The van der Waals surface area contributed by atoms with Gasteiger partial charge in [0.1, 0.15) is 15.9 Å². The zero-order chi connectivity index (χ0) is 13.0. The van der Waals surface area contributed by atoms with Crippen molar-refractivity contribution < 1.29 is 4.79 Å². The summed E-state index contributed by atoms with van der Waals surface area (Å²) in [7, 11) is 0. The van der Waals surface area contributed by atoms with Gasteiger partial charge in [0, 0.05) is 11.6 Å². The van der Waals surface area contributed by atoms with Gasteiger partial charge >= 0.3 is 0 Å². The maximum absolute atomic E-state index is 11.9. The molecular weight excluding hydrogens is 272 g/mol. The van der Waals surface area contributed by atoms with E-state index in [4.69, 9.17) is 11.6 Å². The maximum Gasteiger partial charge on any atom is 0.272 e. The van der Waals surface area contributed by atoms with Crippen LogP contribution in [0.4, 0.5) is 0 Å². The minimum atomic E-state index is -0.277. The third kappa shape index (κ3) is 3.02. The Bertz CT molecular complexity index is 514. The third-order valence-corrected chi connectivity index (χ3v) is 3.40. The molecule has 18 heavy (non-hydrogen) atoms. The van der Waals surface area contributed by atoms with Gasteiger partial charge in [0.05, 0.1) is 18.4 Å². The van der Waals surface area contributed by atoms with Gasteiger partial charge in [0.25, 0.3) is 5.91 Å². The molecule has 0 saturated carbocycles. The molecule has 7 heteroatoms. The van der Waals surface area contributed by atoms with Crippen LogP contribution in [-0.2, 0) is 0 Å². The highest BCUT2D eigenvalue weighted by atomic mass is 35.5. The van der Waals surface area contributed by atoms with Crippen molar-refractivity contribution in [1.82, 2.24) is 20.3 Å². The Hall–Kier alpha value is -1.53. The number of aromatic nitrogens is 3. The summed E-state index contributed by atoms with van der Waals surface area (Å²) in [4.78, 5) is 23.9. The number of amides is 1. The van der Waals surface area contributed by atoms with E-state index in [2.05, 4.69) is 20.3 Å². The van der Waals surface area contributed by atoms with Gasteiger partial charge in [0.2, 0.25) is 0 Å². The summed E-state index contributed by atoms with van der Waals surface area (Å²) >= 11 is 7.13. The molecule has 2 rings (SSSR count). The van der Waals surface area contributed by atoms with Crippen molar-refractivity contribution >= 4 is 28.8 Å². The van der Waals surface area contributed by atoms with Crippen LogP contribution >= 0.6 is 22.9 Å². The average molecular weight is 283 g/mol. The molecule has 2 aromatic heterocycles. The second kappa shape index (κ2) is 5.88. The fourth-order valence-corrected chi connectivity index (χ4v) is 2.28. The molecule has 0 saturated heterocycles. The molecule has 0 spiro atoms. The standard InChI is InChI=1S/C11H11ClN4OS/c1-2-7(11-13-3-4-18-11)16-10(17)8-5-15-9(12)6-14-8/h3-7H,2H2,1H3,(H,16,17). The van der Waals surface area contributed by atoms with Crippen molar-refractivity contribution in [3.8, 4) is 0 Å². The summed E-state index contributed by atoms with van der Waals surface area (Å²) < 4.78 is 0. The minimum Gasteiger partial charge on any atom is -0.341 e. The summed E-state index contributed by atoms with van der Waals surface area (Å²) in [6, 6.07) is -0.102. The van der Waals surface area contributed by atoms with Crippen LogP contribution in [0.1, 0.15) is 34.9 Å². The van der Waals surface area contributed by atoms with Gasteiger partial charge in [-0.15, -0.1) is 11.3 Å². The zero-order valence-electron chi connectivity index (χ0n) is 9.63. The summed E-state index contributed by atoms with van der Waals surface area (Å²) in [6.07, 6.45) is 5.18. The molecule has 0 bridgehead atoms. The SMILES string of the molecule is CCC(NC(=O)c1cnc(Cl)cn1)c1nccs1. The van der Waals surface area contributed by atoms with Crippen molar-refractivity contribution in [2.75, 3.05) is 0 Å². The largest absolute Gasteiger partial charge is 0.341 e. The highest BCUT2D eigenvalue weighted by Gasteiger charge is 2.17. The Morgan fingerprint density at radius 1 is 1.44 bits per heavy atom. The first-order valence-electron chi connectivity index (χ1n) is 5.38. The molecule has 0 radical (unpaired) electrons. The van der Waals surface area contributed by atoms with Gasteiger partial charge in [-0.2, -0.15) is 0 Å².